The number of aromatic nitrogens is 2. The van der Waals surface area contributed by atoms with Crippen molar-refractivity contribution < 1.29 is 0 Å². The van der Waals surface area contributed by atoms with Gasteiger partial charge in [-0.15, -0.1) is 0 Å². The maximum atomic E-state index is 5.92. The standard InChI is InChI=1S/C15H23N3/c1-2-3-4-5-6-9-12-18-14-11-8-7-10-13(14)15(16)17-18/h7-8,10-11H,2-6,9,12H2,1H3,(H2,16,17). The van der Waals surface area contributed by atoms with Crippen LogP contribution in [0.25, 0.3) is 10.9 Å². The van der Waals surface area contributed by atoms with Crippen LogP contribution in [-0.2, 0) is 6.54 Å². The molecule has 0 bridgehead atoms. The Bertz CT molecular complexity index is 487. The first kappa shape index (κ1) is 12.9. The number of nitrogens with zero attached hydrogens (tertiary/aromatic N) is 2. The number of rotatable bonds is 7. The Labute approximate surface area is 109 Å². The Kier molecular flexibility index (Phi) is 4.62. The molecule has 1 aromatic carbocycles. The van der Waals surface area contributed by atoms with Crippen molar-refractivity contribution in [1.82, 2.24) is 9.78 Å². The number of fused-ring (bicyclic) bond motifs is 1. The molecule has 0 fully saturated rings. The molecule has 3 heteroatoms. The Morgan fingerprint density at radius 2 is 1.78 bits per heavy atom. The van der Waals surface area contributed by atoms with Gasteiger partial charge in [0.1, 0.15) is 0 Å². The topological polar surface area (TPSA) is 43.8 Å². The van der Waals surface area contributed by atoms with Crippen molar-refractivity contribution in [3.8, 4) is 0 Å². The van der Waals surface area contributed by atoms with Crippen molar-refractivity contribution in [2.75, 3.05) is 5.73 Å². The van der Waals surface area contributed by atoms with E-state index in [1.54, 1.807) is 0 Å². The number of unbranched alkanes of at least 4 members (excludes halogenated alkanes) is 5. The lowest BCUT2D eigenvalue weighted by molar-refractivity contribution is 0.538. The number of anilines is 1. The van der Waals surface area contributed by atoms with Crippen molar-refractivity contribution in [2.45, 2.75) is 52.0 Å². The second-order valence-corrected chi connectivity index (χ2v) is 4.89. The Morgan fingerprint density at radius 3 is 2.61 bits per heavy atom. The summed E-state index contributed by atoms with van der Waals surface area (Å²) in [6.07, 6.45) is 7.84. The number of hydrogen-bond acceptors (Lipinski definition) is 2. The van der Waals surface area contributed by atoms with Gasteiger partial charge in [0.2, 0.25) is 0 Å². The van der Waals surface area contributed by atoms with E-state index in [-0.39, 0.29) is 0 Å². The summed E-state index contributed by atoms with van der Waals surface area (Å²) in [7, 11) is 0. The molecule has 2 N–H and O–H groups in total. The second-order valence-electron chi connectivity index (χ2n) is 4.89. The predicted octanol–water partition coefficient (Wildman–Crippen LogP) is 3.98. The quantitative estimate of drug-likeness (QED) is 0.750. The predicted molar refractivity (Wildman–Crippen MR) is 77.5 cm³/mol. The van der Waals surface area contributed by atoms with Crippen LogP contribution in [0.2, 0.25) is 0 Å². The molecule has 2 rings (SSSR count). The molecule has 0 saturated carbocycles. The molecule has 98 valence electrons. The Hall–Kier alpha value is -1.51. The molecule has 2 aromatic rings. The number of benzene rings is 1. The normalized spacial score (nSPS) is 11.2. The summed E-state index contributed by atoms with van der Waals surface area (Å²) >= 11 is 0. The summed E-state index contributed by atoms with van der Waals surface area (Å²) in [6, 6.07) is 8.18. The fourth-order valence-corrected chi connectivity index (χ4v) is 2.37. The van der Waals surface area contributed by atoms with Gasteiger partial charge in [0.15, 0.2) is 5.82 Å². The van der Waals surface area contributed by atoms with Crippen LogP contribution in [0.5, 0.6) is 0 Å². The summed E-state index contributed by atoms with van der Waals surface area (Å²) < 4.78 is 2.05. The zero-order chi connectivity index (χ0) is 12.8. The van der Waals surface area contributed by atoms with Gasteiger partial charge in [-0.25, -0.2) is 0 Å². The zero-order valence-electron chi connectivity index (χ0n) is 11.2. The van der Waals surface area contributed by atoms with E-state index in [0.717, 1.165) is 17.4 Å². The van der Waals surface area contributed by atoms with Crippen molar-refractivity contribution in [1.29, 1.82) is 0 Å². The lowest BCUT2D eigenvalue weighted by Gasteiger charge is -2.03. The number of hydrogen-bond donors (Lipinski definition) is 1. The summed E-state index contributed by atoms with van der Waals surface area (Å²) in [6.45, 7) is 3.22. The van der Waals surface area contributed by atoms with Crippen LogP contribution >= 0.6 is 0 Å². The number of nitrogen functional groups attached to an aromatic ring is 1. The fourth-order valence-electron chi connectivity index (χ4n) is 2.37. The molecule has 0 aliphatic heterocycles. The van der Waals surface area contributed by atoms with Crippen LogP contribution in [0, 0.1) is 0 Å². The molecule has 0 unspecified atom stereocenters. The van der Waals surface area contributed by atoms with Gasteiger partial charge in [0.05, 0.1) is 5.52 Å². The van der Waals surface area contributed by atoms with E-state index in [2.05, 4.69) is 18.1 Å². The highest BCUT2D eigenvalue weighted by Gasteiger charge is 2.05. The fraction of sp³-hybridized carbons (Fsp3) is 0.533. The molecule has 0 radical (unpaired) electrons. The average Bonchev–Trinajstić information content (AvgIpc) is 2.71. The molecule has 0 aliphatic carbocycles. The smallest absolute Gasteiger partial charge is 0.153 e. The van der Waals surface area contributed by atoms with Gasteiger partial charge in [0.25, 0.3) is 0 Å². The minimum Gasteiger partial charge on any atom is -0.382 e. The highest BCUT2D eigenvalue weighted by molar-refractivity contribution is 5.88. The lowest BCUT2D eigenvalue weighted by atomic mass is 10.1. The summed E-state index contributed by atoms with van der Waals surface area (Å²) in [5.74, 6) is 0.650. The highest BCUT2D eigenvalue weighted by Crippen LogP contribution is 2.20. The molecule has 0 spiro atoms. The van der Waals surface area contributed by atoms with Gasteiger partial charge in [-0.2, -0.15) is 5.10 Å². The Morgan fingerprint density at radius 1 is 1.06 bits per heavy atom. The summed E-state index contributed by atoms with van der Waals surface area (Å²) in [5, 5.41) is 5.49. The van der Waals surface area contributed by atoms with Gasteiger partial charge < -0.3 is 5.73 Å². The van der Waals surface area contributed by atoms with Gasteiger partial charge in [-0.3, -0.25) is 4.68 Å². The number of nitrogens with two attached hydrogens (primary N) is 1. The van der Waals surface area contributed by atoms with Gasteiger partial charge in [-0.05, 0) is 18.6 Å². The monoisotopic (exact) mass is 245 g/mol. The van der Waals surface area contributed by atoms with Crippen LogP contribution in [0.4, 0.5) is 5.82 Å². The van der Waals surface area contributed by atoms with E-state index in [0.29, 0.717) is 5.82 Å². The van der Waals surface area contributed by atoms with E-state index < -0.39 is 0 Å². The molecule has 18 heavy (non-hydrogen) atoms. The third-order valence-corrected chi connectivity index (χ3v) is 3.41. The molecule has 0 aliphatic rings. The van der Waals surface area contributed by atoms with E-state index in [9.17, 15) is 0 Å². The van der Waals surface area contributed by atoms with Gasteiger partial charge in [0, 0.05) is 11.9 Å². The Balaban J connectivity index is 1.88. The minimum atomic E-state index is 0.650. The maximum Gasteiger partial charge on any atom is 0.153 e. The first-order chi connectivity index (χ1) is 8.83. The highest BCUT2D eigenvalue weighted by atomic mass is 15.3. The number of aryl methyl sites for hydroxylation is 1. The molecule has 3 nitrogen and oxygen atoms in total. The van der Waals surface area contributed by atoms with Crippen LogP contribution in [0.1, 0.15) is 45.4 Å². The van der Waals surface area contributed by atoms with Crippen LogP contribution < -0.4 is 5.73 Å². The molecule has 1 heterocycles. The van der Waals surface area contributed by atoms with Crippen molar-refractivity contribution in [2.24, 2.45) is 0 Å². The first-order valence-corrected chi connectivity index (χ1v) is 7.04. The van der Waals surface area contributed by atoms with E-state index in [1.165, 1.54) is 38.5 Å². The van der Waals surface area contributed by atoms with Crippen LogP contribution in [0.3, 0.4) is 0 Å². The molecule has 1 aromatic heterocycles. The maximum absolute atomic E-state index is 5.92. The molecule has 0 saturated heterocycles. The van der Waals surface area contributed by atoms with Gasteiger partial charge in [-0.1, -0.05) is 51.2 Å². The SMILES string of the molecule is CCCCCCCCn1nc(N)c2ccccc21. The molecule has 0 amide bonds. The van der Waals surface area contributed by atoms with Gasteiger partial charge >= 0.3 is 0 Å². The van der Waals surface area contributed by atoms with E-state index in [1.807, 2.05) is 22.9 Å². The van der Waals surface area contributed by atoms with Crippen LogP contribution in [0.15, 0.2) is 24.3 Å². The zero-order valence-corrected chi connectivity index (χ0v) is 11.2. The third-order valence-electron chi connectivity index (χ3n) is 3.41. The van der Waals surface area contributed by atoms with Crippen molar-refractivity contribution in [3.05, 3.63) is 24.3 Å². The lowest BCUT2D eigenvalue weighted by Crippen LogP contribution is -2.00. The largest absolute Gasteiger partial charge is 0.382 e. The molecular weight excluding hydrogens is 222 g/mol. The van der Waals surface area contributed by atoms with Crippen LogP contribution in [-0.4, -0.2) is 9.78 Å². The van der Waals surface area contributed by atoms with Crippen molar-refractivity contribution >= 4 is 16.7 Å². The van der Waals surface area contributed by atoms with E-state index >= 15 is 0 Å². The molecule has 0 atom stereocenters. The average molecular weight is 245 g/mol. The third kappa shape index (κ3) is 3.03. The summed E-state index contributed by atoms with van der Waals surface area (Å²) in [4.78, 5) is 0. The van der Waals surface area contributed by atoms with E-state index in [4.69, 9.17) is 5.73 Å². The second kappa shape index (κ2) is 6.43. The van der Waals surface area contributed by atoms with Crippen molar-refractivity contribution in [3.63, 3.8) is 0 Å². The first-order valence-electron chi connectivity index (χ1n) is 7.04. The summed E-state index contributed by atoms with van der Waals surface area (Å²) in [5.41, 5.74) is 7.07. The minimum absolute atomic E-state index is 0.650. The molecular formula is C15H23N3. The number of para-hydroxylation sites is 1.